The number of rotatable bonds is 9. The minimum Gasteiger partial charge on any atom is -0.353 e. The van der Waals surface area contributed by atoms with Crippen molar-refractivity contribution in [3.63, 3.8) is 0 Å². The molecule has 0 radical (unpaired) electrons. The molecular weight excluding hydrogens is 500 g/mol. The van der Waals surface area contributed by atoms with Crippen LogP contribution in [-0.4, -0.2) is 48.3 Å². The summed E-state index contributed by atoms with van der Waals surface area (Å²) in [7, 11) is -3.51. The number of benzene rings is 2. The molecule has 33 heavy (non-hydrogen) atoms. The molecule has 7 nitrogen and oxygen atoms in total. The van der Waals surface area contributed by atoms with Gasteiger partial charge in [-0.05, 0) is 48.7 Å². The molecule has 1 saturated heterocycles. The largest absolute Gasteiger partial charge is 0.353 e. The van der Waals surface area contributed by atoms with E-state index < -0.39 is 10.0 Å². The minimum atomic E-state index is -3.51. The number of thioether (sulfide) groups is 1. The molecule has 11 heteroatoms. The van der Waals surface area contributed by atoms with Gasteiger partial charge in [0.1, 0.15) is 0 Å². The summed E-state index contributed by atoms with van der Waals surface area (Å²) in [6.45, 7) is 1.14. The Labute approximate surface area is 206 Å². The summed E-state index contributed by atoms with van der Waals surface area (Å²) in [4.78, 5) is 12.8. The Morgan fingerprint density at radius 3 is 2.52 bits per heavy atom. The topological polar surface area (TPSA) is 92.3 Å². The first-order valence-corrected chi connectivity index (χ1v) is 14.1. The fraction of sp³-hybridized carbons (Fsp3) is 0.318. The van der Waals surface area contributed by atoms with Crippen molar-refractivity contribution in [1.29, 1.82) is 0 Å². The van der Waals surface area contributed by atoms with Crippen LogP contribution in [0.25, 0.3) is 0 Å². The number of hydrogen-bond donors (Lipinski definition) is 1. The van der Waals surface area contributed by atoms with Gasteiger partial charge in [0.25, 0.3) is 0 Å². The smallest absolute Gasteiger partial charge is 0.243 e. The van der Waals surface area contributed by atoms with Gasteiger partial charge >= 0.3 is 0 Å². The SMILES string of the molecule is O=C(CNc1nnc(SCc2ccccc2Cl)s1)c1ccc(S(=O)(=O)N2CCCCC2)cc1. The zero-order valence-corrected chi connectivity index (χ0v) is 20.9. The van der Waals surface area contributed by atoms with E-state index >= 15 is 0 Å². The second-order valence-electron chi connectivity index (χ2n) is 7.52. The highest BCUT2D eigenvalue weighted by Crippen LogP contribution is 2.30. The van der Waals surface area contributed by atoms with Crippen LogP contribution in [0.2, 0.25) is 5.02 Å². The van der Waals surface area contributed by atoms with E-state index in [4.69, 9.17) is 11.6 Å². The average molecular weight is 523 g/mol. The van der Waals surface area contributed by atoms with Crippen LogP contribution in [0.1, 0.15) is 35.2 Å². The van der Waals surface area contributed by atoms with Gasteiger partial charge in [0.05, 0.1) is 11.4 Å². The lowest BCUT2D eigenvalue weighted by Gasteiger charge is -2.25. The van der Waals surface area contributed by atoms with Crippen LogP contribution >= 0.6 is 34.7 Å². The number of piperidine rings is 1. The summed E-state index contributed by atoms with van der Waals surface area (Å²) in [5.74, 6) is 0.525. The standard InChI is InChI=1S/C22H23ClN4O3S3/c23-19-7-3-2-6-17(19)15-31-22-26-25-21(32-22)24-14-20(28)16-8-10-18(11-9-16)33(29,30)27-12-4-1-5-13-27/h2-3,6-11H,1,4-5,12-15H2,(H,24,25). The van der Waals surface area contributed by atoms with Crippen LogP contribution in [-0.2, 0) is 15.8 Å². The monoisotopic (exact) mass is 522 g/mol. The summed E-state index contributed by atoms with van der Waals surface area (Å²) in [6.07, 6.45) is 2.82. The molecule has 0 aliphatic carbocycles. The molecule has 0 saturated carbocycles. The van der Waals surface area contributed by atoms with Crippen molar-refractivity contribution < 1.29 is 13.2 Å². The molecular formula is C22H23ClN4O3S3. The van der Waals surface area contributed by atoms with Crippen molar-refractivity contribution in [2.24, 2.45) is 0 Å². The number of sulfonamides is 1. The molecule has 0 unspecified atom stereocenters. The maximum absolute atomic E-state index is 12.7. The molecule has 0 bridgehead atoms. The zero-order chi connectivity index (χ0) is 23.3. The molecule has 1 aromatic heterocycles. The quantitative estimate of drug-likeness (QED) is 0.314. The van der Waals surface area contributed by atoms with Gasteiger partial charge in [0.2, 0.25) is 15.2 Å². The normalized spacial score (nSPS) is 14.8. The number of hydrogen-bond acceptors (Lipinski definition) is 8. The Morgan fingerprint density at radius 2 is 1.79 bits per heavy atom. The molecule has 174 valence electrons. The zero-order valence-electron chi connectivity index (χ0n) is 17.7. The highest BCUT2D eigenvalue weighted by molar-refractivity contribution is 8.00. The van der Waals surface area contributed by atoms with Gasteiger partial charge < -0.3 is 5.32 Å². The third-order valence-corrected chi connectivity index (χ3v) is 9.59. The molecule has 1 aliphatic heterocycles. The Morgan fingerprint density at radius 1 is 1.06 bits per heavy atom. The summed E-state index contributed by atoms with van der Waals surface area (Å²) >= 11 is 9.08. The first-order valence-electron chi connectivity index (χ1n) is 10.5. The van der Waals surface area contributed by atoms with Gasteiger partial charge in [0.15, 0.2) is 10.1 Å². The number of Topliss-reactive ketones (excluding diaryl/α,β-unsaturated/α-hetero) is 1. The molecule has 0 atom stereocenters. The van der Waals surface area contributed by atoms with E-state index in [0.29, 0.717) is 34.6 Å². The van der Waals surface area contributed by atoms with Gasteiger partial charge in [-0.3, -0.25) is 4.79 Å². The van der Waals surface area contributed by atoms with Crippen LogP contribution in [0.3, 0.4) is 0 Å². The highest BCUT2D eigenvalue weighted by atomic mass is 35.5. The Balaban J connectivity index is 1.30. The Bertz CT molecular complexity index is 1210. The molecule has 1 fully saturated rings. The Kier molecular flexibility index (Phi) is 8.02. The average Bonchev–Trinajstić information content (AvgIpc) is 3.30. The number of carbonyl (C=O) groups is 1. The maximum Gasteiger partial charge on any atom is 0.243 e. The number of ketones is 1. The first kappa shape index (κ1) is 24.2. The molecule has 0 spiro atoms. The summed E-state index contributed by atoms with van der Waals surface area (Å²) in [5, 5.41) is 12.5. The predicted molar refractivity (Wildman–Crippen MR) is 133 cm³/mol. The van der Waals surface area contributed by atoms with Crippen molar-refractivity contribution in [3.05, 3.63) is 64.7 Å². The fourth-order valence-electron chi connectivity index (χ4n) is 3.42. The lowest BCUT2D eigenvalue weighted by atomic mass is 10.1. The lowest BCUT2D eigenvalue weighted by molar-refractivity contribution is 0.101. The van der Waals surface area contributed by atoms with Gasteiger partial charge in [-0.2, -0.15) is 4.31 Å². The second kappa shape index (κ2) is 11.0. The van der Waals surface area contributed by atoms with Crippen LogP contribution in [0.5, 0.6) is 0 Å². The molecule has 0 amide bonds. The van der Waals surface area contributed by atoms with Gasteiger partial charge in [-0.25, -0.2) is 8.42 Å². The van der Waals surface area contributed by atoms with Gasteiger partial charge in [0, 0.05) is 29.4 Å². The number of carbonyl (C=O) groups excluding carboxylic acids is 1. The summed E-state index contributed by atoms with van der Waals surface area (Å²) in [6, 6.07) is 13.8. The molecule has 3 aromatic rings. The lowest BCUT2D eigenvalue weighted by Crippen LogP contribution is -2.35. The fourth-order valence-corrected chi connectivity index (χ4v) is 6.97. The molecule has 2 aromatic carbocycles. The van der Waals surface area contributed by atoms with E-state index in [1.807, 2.05) is 24.3 Å². The van der Waals surface area contributed by atoms with E-state index in [2.05, 4.69) is 15.5 Å². The predicted octanol–water partition coefficient (Wildman–Crippen LogP) is 4.95. The van der Waals surface area contributed by atoms with Crippen molar-refractivity contribution >= 4 is 55.6 Å². The van der Waals surface area contributed by atoms with Crippen molar-refractivity contribution in [1.82, 2.24) is 14.5 Å². The van der Waals surface area contributed by atoms with E-state index in [9.17, 15) is 13.2 Å². The number of anilines is 1. The number of halogens is 1. The van der Waals surface area contributed by atoms with Crippen LogP contribution < -0.4 is 5.32 Å². The molecule has 1 N–H and O–H groups in total. The van der Waals surface area contributed by atoms with Crippen molar-refractivity contribution in [2.45, 2.75) is 34.3 Å². The first-order chi connectivity index (χ1) is 15.9. The van der Waals surface area contributed by atoms with Crippen LogP contribution in [0.4, 0.5) is 5.13 Å². The second-order valence-corrected chi connectivity index (χ2v) is 12.1. The van der Waals surface area contributed by atoms with E-state index in [0.717, 1.165) is 29.2 Å². The van der Waals surface area contributed by atoms with Crippen LogP contribution in [0, 0.1) is 0 Å². The van der Waals surface area contributed by atoms with Crippen molar-refractivity contribution in [3.8, 4) is 0 Å². The minimum absolute atomic E-state index is 0.0437. The van der Waals surface area contributed by atoms with Gasteiger partial charge in [-0.1, -0.05) is 59.3 Å². The number of nitrogens with one attached hydrogen (secondary N) is 1. The maximum atomic E-state index is 12.7. The van der Waals surface area contributed by atoms with E-state index in [1.165, 1.54) is 39.5 Å². The Hall–Kier alpha value is -1.98. The van der Waals surface area contributed by atoms with Crippen LogP contribution in [0.15, 0.2) is 57.8 Å². The number of aromatic nitrogens is 2. The van der Waals surface area contributed by atoms with E-state index in [1.54, 1.807) is 12.1 Å². The van der Waals surface area contributed by atoms with Gasteiger partial charge in [-0.15, -0.1) is 10.2 Å². The number of nitrogens with zero attached hydrogens (tertiary/aromatic N) is 3. The molecule has 1 aliphatic rings. The van der Waals surface area contributed by atoms with E-state index in [-0.39, 0.29) is 17.2 Å². The summed E-state index contributed by atoms with van der Waals surface area (Å²) < 4.78 is 27.8. The third-order valence-electron chi connectivity index (χ3n) is 5.24. The summed E-state index contributed by atoms with van der Waals surface area (Å²) in [5.41, 5.74) is 1.47. The van der Waals surface area contributed by atoms with Crippen molar-refractivity contribution in [2.75, 3.05) is 25.0 Å². The molecule has 2 heterocycles. The molecule has 4 rings (SSSR count). The third kappa shape index (κ3) is 6.13. The highest BCUT2D eigenvalue weighted by Gasteiger charge is 2.25.